The van der Waals surface area contributed by atoms with E-state index in [0.29, 0.717) is 6.61 Å². The fraction of sp³-hybridized carbons (Fsp3) is 0.167. The molecule has 0 aliphatic heterocycles. The van der Waals surface area contributed by atoms with Gasteiger partial charge in [0.05, 0.1) is 12.3 Å². The van der Waals surface area contributed by atoms with Gasteiger partial charge in [0.2, 0.25) is 0 Å². The summed E-state index contributed by atoms with van der Waals surface area (Å²) in [7, 11) is 0. The number of nitrogens with two attached hydrogens (primary N) is 1. The van der Waals surface area contributed by atoms with E-state index >= 15 is 0 Å². The Morgan fingerprint density at radius 2 is 2.12 bits per heavy atom. The Hall–Kier alpha value is -2.10. The highest BCUT2D eigenvalue weighted by Gasteiger charge is 2.02. The maximum atomic E-state index is 11.1. The van der Waals surface area contributed by atoms with Crippen molar-refractivity contribution in [1.29, 1.82) is 0 Å². The van der Waals surface area contributed by atoms with Crippen molar-refractivity contribution in [2.45, 2.75) is 6.92 Å². The molecule has 0 aliphatic carbocycles. The monoisotopic (exact) mass is 218 g/mol. The van der Waals surface area contributed by atoms with E-state index in [1.54, 1.807) is 6.92 Å². The number of benzene rings is 1. The predicted molar refractivity (Wildman–Crippen MR) is 63.5 cm³/mol. The van der Waals surface area contributed by atoms with Crippen molar-refractivity contribution in [3.8, 4) is 0 Å². The lowest BCUT2D eigenvalue weighted by Gasteiger charge is -1.99. The first-order valence-corrected chi connectivity index (χ1v) is 4.96. The van der Waals surface area contributed by atoms with Crippen LogP contribution in [-0.2, 0) is 9.53 Å². The molecular formula is C12H14N2O2. The SMILES string of the molecule is CCOC(=O)C(N)=CC=Nc1ccccc1. The number of aliphatic imine (C=N–C) groups is 1. The molecule has 1 rings (SSSR count). The number of allylic oxidation sites excluding steroid dienone is 1. The van der Waals surface area contributed by atoms with Gasteiger partial charge in [0, 0.05) is 6.21 Å². The third-order valence-corrected chi connectivity index (χ3v) is 1.75. The summed E-state index contributed by atoms with van der Waals surface area (Å²) in [4.78, 5) is 15.2. The number of carbonyl (C=O) groups is 1. The second kappa shape index (κ2) is 6.40. The molecular weight excluding hydrogens is 204 g/mol. The van der Waals surface area contributed by atoms with E-state index in [1.165, 1.54) is 12.3 Å². The molecule has 0 radical (unpaired) electrons. The molecule has 0 bridgehead atoms. The normalized spacial score (nSPS) is 11.7. The fourth-order valence-electron chi connectivity index (χ4n) is 1.00. The number of rotatable bonds is 4. The molecule has 0 aliphatic rings. The predicted octanol–water partition coefficient (Wildman–Crippen LogP) is 1.79. The third kappa shape index (κ3) is 3.96. The zero-order valence-corrected chi connectivity index (χ0v) is 9.09. The molecule has 4 heteroatoms. The molecule has 0 saturated carbocycles. The lowest BCUT2D eigenvalue weighted by molar-refractivity contribution is -0.138. The van der Waals surface area contributed by atoms with Gasteiger partial charge < -0.3 is 10.5 Å². The van der Waals surface area contributed by atoms with Crippen LogP contribution in [0.15, 0.2) is 47.1 Å². The second-order valence-corrected chi connectivity index (χ2v) is 2.96. The van der Waals surface area contributed by atoms with E-state index in [9.17, 15) is 4.79 Å². The molecule has 1 aromatic rings. The first-order valence-electron chi connectivity index (χ1n) is 4.96. The average Bonchev–Trinajstić information content (AvgIpc) is 2.30. The van der Waals surface area contributed by atoms with Gasteiger partial charge in [0.25, 0.3) is 0 Å². The molecule has 0 aromatic heterocycles. The number of esters is 1. The summed E-state index contributed by atoms with van der Waals surface area (Å²) in [5.74, 6) is -0.526. The number of ether oxygens (including phenoxy) is 1. The first-order chi connectivity index (χ1) is 7.74. The van der Waals surface area contributed by atoms with Crippen molar-refractivity contribution in [3.63, 3.8) is 0 Å². The molecule has 0 unspecified atom stereocenters. The van der Waals surface area contributed by atoms with Gasteiger partial charge >= 0.3 is 5.97 Å². The van der Waals surface area contributed by atoms with Crippen molar-refractivity contribution in [3.05, 3.63) is 42.1 Å². The van der Waals surface area contributed by atoms with Crippen LogP contribution in [0, 0.1) is 0 Å². The van der Waals surface area contributed by atoms with E-state index in [0.717, 1.165) is 5.69 Å². The molecule has 0 amide bonds. The second-order valence-electron chi connectivity index (χ2n) is 2.96. The van der Waals surface area contributed by atoms with Crippen LogP contribution in [0.2, 0.25) is 0 Å². The summed E-state index contributed by atoms with van der Waals surface area (Å²) in [6, 6.07) is 9.37. The van der Waals surface area contributed by atoms with Gasteiger partial charge in [-0.05, 0) is 25.1 Å². The van der Waals surface area contributed by atoms with Gasteiger partial charge in [-0.25, -0.2) is 4.79 Å². The number of carbonyl (C=O) groups excluding carboxylic acids is 1. The highest BCUT2D eigenvalue weighted by molar-refractivity contribution is 5.92. The van der Waals surface area contributed by atoms with Gasteiger partial charge in [0.15, 0.2) is 0 Å². The number of para-hydroxylation sites is 1. The van der Waals surface area contributed by atoms with E-state index in [-0.39, 0.29) is 5.70 Å². The fourth-order valence-corrected chi connectivity index (χ4v) is 1.00. The van der Waals surface area contributed by atoms with Crippen molar-refractivity contribution >= 4 is 17.9 Å². The topological polar surface area (TPSA) is 64.7 Å². The standard InChI is InChI=1S/C12H14N2O2/c1-2-16-12(15)11(13)8-9-14-10-6-4-3-5-7-10/h3-9H,2,13H2,1H3. The van der Waals surface area contributed by atoms with Crippen LogP contribution in [0.25, 0.3) is 0 Å². The van der Waals surface area contributed by atoms with Crippen LogP contribution in [0.5, 0.6) is 0 Å². The molecule has 1 aromatic carbocycles. The largest absolute Gasteiger partial charge is 0.461 e. The summed E-state index contributed by atoms with van der Waals surface area (Å²) in [5.41, 5.74) is 6.31. The number of hydrogen-bond donors (Lipinski definition) is 1. The van der Waals surface area contributed by atoms with E-state index in [2.05, 4.69) is 4.99 Å². The molecule has 2 N–H and O–H groups in total. The Morgan fingerprint density at radius 3 is 2.75 bits per heavy atom. The first kappa shape index (κ1) is 12.0. The zero-order chi connectivity index (χ0) is 11.8. The molecule has 16 heavy (non-hydrogen) atoms. The van der Waals surface area contributed by atoms with Gasteiger partial charge in [0.1, 0.15) is 5.70 Å². The van der Waals surface area contributed by atoms with Gasteiger partial charge in [-0.15, -0.1) is 0 Å². The van der Waals surface area contributed by atoms with E-state index in [1.807, 2.05) is 30.3 Å². The third-order valence-electron chi connectivity index (χ3n) is 1.75. The average molecular weight is 218 g/mol. The van der Waals surface area contributed by atoms with Crippen molar-refractivity contribution in [2.75, 3.05) is 6.61 Å². The summed E-state index contributed by atoms with van der Waals surface area (Å²) in [6.45, 7) is 2.03. The van der Waals surface area contributed by atoms with Crippen LogP contribution < -0.4 is 5.73 Å². The molecule has 0 atom stereocenters. The lowest BCUT2D eigenvalue weighted by Crippen LogP contribution is -2.14. The summed E-state index contributed by atoms with van der Waals surface area (Å²) >= 11 is 0. The minimum absolute atomic E-state index is 0.0431. The number of nitrogens with zero attached hydrogens (tertiary/aromatic N) is 1. The minimum Gasteiger partial charge on any atom is -0.461 e. The summed E-state index contributed by atoms with van der Waals surface area (Å²) < 4.78 is 4.71. The Balaban J connectivity index is 2.59. The maximum absolute atomic E-state index is 11.1. The van der Waals surface area contributed by atoms with E-state index in [4.69, 9.17) is 10.5 Å². The van der Waals surface area contributed by atoms with Crippen LogP contribution >= 0.6 is 0 Å². The highest BCUT2D eigenvalue weighted by atomic mass is 16.5. The van der Waals surface area contributed by atoms with Crippen molar-refractivity contribution < 1.29 is 9.53 Å². The Kier molecular flexibility index (Phi) is 4.79. The Bertz CT molecular complexity index is 397. The number of hydrogen-bond acceptors (Lipinski definition) is 4. The van der Waals surface area contributed by atoms with Crippen LogP contribution in [0.3, 0.4) is 0 Å². The van der Waals surface area contributed by atoms with Crippen molar-refractivity contribution in [2.24, 2.45) is 10.7 Å². The summed E-state index contributed by atoms with van der Waals surface area (Å²) in [5, 5.41) is 0. The van der Waals surface area contributed by atoms with Crippen LogP contribution in [-0.4, -0.2) is 18.8 Å². The molecule has 0 heterocycles. The highest BCUT2D eigenvalue weighted by Crippen LogP contribution is 2.08. The van der Waals surface area contributed by atoms with Gasteiger partial charge in [-0.3, -0.25) is 4.99 Å². The van der Waals surface area contributed by atoms with Gasteiger partial charge in [-0.1, -0.05) is 18.2 Å². The molecule has 0 saturated heterocycles. The van der Waals surface area contributed by atoms with Crippen LogP contribution in [0.4, 0.5) is 5.69 Å². The lowest BCUT2D eigenvalue weighted by atomic mass is 10.3. The Labute approximate surface area is 94.4 Å². The minimum atomic E-state index is -0.526. The molecule has 4 nitrogen and oxygen atoms in total. The van der Waals surface area contributed by atoms with Crippen molar-refractivity contribution in [1.82, 2.24) is 0 Å². The van der Waals surface area contributed by atoms with Gasteiger partial charge in [-0.2, -0.15) is 0 Å². The molecule has 0 fully saturated rings. The quantitative estimate of drug-likeness (QED) is 0.476. The Morgan fingerprint density at radius 1 is 1.44 bits per heavy atom. The van der Waals surface area contributed by atoms with E-state index < -0.39 is 5.97 Å². The maximum Gasteiger partial charge on any atom is 0.354 e. The summed E-state index contributed by atoms with van der Waals surface area (Å²) in [6.07, 6.45) is 2.90. The van der Waals surface area contributed by atoms with Crippen LogP contribution in [0.1, 0.15) is 6.92 Å². The molecule has 0 spiro atoms. The zero-order valence-electron chi connectivity index (χ0n) is 9.09. The molecule has 84 valence electrons. The smallest absolute Gasteiger partial charge is 0.354 e.